The molecule has 0 spiro atoms. The average Bonchev–Trinajstić information content (AvgIpc) is 2.92. The third-order valence-corrected chi connectivity index (χ3v) is 4.61. The lowest BCUT2D eigenvalue weighted by Crippen LogP contribution is -2.26. The maximum atomic E-state index is 13.9. The van der Waals surface area contributed by atoms with Gasteiger partial charge in [-0.2, -0.15) is 0 Å². The van der Waals surface area contributed by atoms with Crippen LogP contribution in [0.15, 0.2) is 18.3 Å². The number of alkyl carbamates (subject to hydrolysis) is 1. The number of rotatable bonds is 3. The molecule has 0 aliphatic heterocycles. The Kier molecular flexibility index (Phi) is 4.66. The standard InChI is InChI=1S/C16H17F2N3O2S/c1-23-16(22)20-8-12-7-19-15(24)21(12)11-2-3-13-9(5-11)4-10(17)6-14(13)18/h4,6-7,11H,2-3,5,8H2,1H3,(H,19,24)(H,20,22)/t11-/m0/s1. The zero-order valence-electron chi connectivity index (χ0n) is 13.1. The fourth-order valence-electron chi connectivity index (χ4n) is 3.19. The van der Waals surface area contributed by atoms with Gasteiger partial charge < -0.3 is 19.6 Å². The molecule has 0 saturated carbocycles. The number of aromatic amines is 1. The van der Waals surface area contributed by atoms with Gasteiger partial charge in [0.2, 0.25) is 0 Å². The van der Waals surface area contributed by atoms with E-state index in [9.17, 15) is 13.6 Å². The molecule has 1 aromatic heterocycles. The Morgan fingerprint density at radius 3 is 3.04 bits per heavy atom. The van der Waals surface area contributed by atoms with Gasteiger partial charge in [0.15, 0.2) is 4.77 Å². The highest BCUT2D eigenvalue weighted by atomic mass is 32.1. The Hall–Kier alpha value is -2.22. The summed E-state index contributed by atoms with van der Waals surface area (Å²) in [5, 5.41) is 2.61. The molecule has 2 aromatic rings. The maximum Gasteiger partial charge on any atom is 0.407 e. The third-order valence-electron chi connectivity index (χ3n) is 4.29. The Labute approximate surface area is 142 Å². The monoisotopic (exact) mass is 353 g/mol. The van der Waals surface area contributed by atoms with Crippen LogP contribution in [0, 0.1) is 16.4 Å². The SMILES string of the molecule is COC(=O)NCc1c[nH]c(=S)n1[C@H]1CCc2c(F)cc(F)cc2C1. The summed E-state index contributed by atoms with van der Waals surface area (Å²) in [7, 11) is 1.29. The van der Waals surface area contributed by atoms with Crippen LogP contribution >= 0.6 is 12.2 Å². The summed E-state index contributed by atoms with van der Waals surface area (Å²) in [5.74, 6) is -1.06. The molecule has 128 valence electrons. The number of hydrogen-bond acceptors (Lipinski definition) is 3. The van der Waals surface area contributed by atoms with Crippen molar-refractivity contribution in [3.63, 3.8) is 0 Å². The van der Waals surface area contributed by atoms with Gasteiger partial charge in [-0.3, -0.25) is 0 Å². The average molecular weight is 353 g/mol. The number of carbonyl (C=O) groups is 1. The fraction of sp³-hybridized carbons (Fsp3) is 0.375. The van der Waals surface area contributed by atoms with Crippen LogP contribution in [0.3, 0.4) is 0 Å². The topological polar surface area (TPSA) is 59.0 Å². The number of fused-ring (bicyclic) bond motifs is 1. The van der Waals surface area contributed by atoms with Gasteiger partial charge in [-0.1, -0.05) is 0 Å². The summed E-state index contributed by atoms with van der Waals surface area (Å²) in [4.78, 5) is 14.2. The van der Waals surface area contributed by atoms with E-state index in [1.54, 1.807) is 6.20 Å². The molecule has 0 saturated heterocycles. The van der Waals surface area contributed by atoms with Gasteiger partial charge >= 0.3 is 6.09 Å². The predicted molar refractivity (Wildman–Crippen MR) is 86.3 cm³/mol. The fourth-order valence-corrected chi connectivity index (χ4v) is 3.52. The van der Waals surface area contributed by atoms with Gasteiger partial charge in [0.25, 0.3) is 0 Å². The van der Waals surface area contributed by atoms with Crippen molar-refractivity contribution >= 4 is 18.3 Å². The number of benzene rings is 1. The first kappa shape index (κ1) is 16.6. The van der Waals surface area contributed by atoms with Gasteiger partial charge in [-0.25, -0.2) is 13.6 Å². The minimum atomic E-state index is -0.572. The highest BCUT2D eigenvalue weighted by molar-refractivity contribution is 7.71. The predicted octanol–water partition coefficient (Wildman–Crippen LogP) is 3.41. The highest BCUT2D eigenvalue weighted by Crippen LogP contribution is 2.32. The maximum absolute atomic E-state index is 13.9. The molecule has 1 heterocycles. The van der Waals surface area contributed by atoms with Crippen molar-refractivity contribution in [1.82, 2.24) is 14.9 Å². The number of imidazole rings is 1. The van der Waals surface area contributed by atoms with Crippen molar-refractivity contribution in [1.29, 1.82) is 0 Å². The van der Waals surface area contributed by atoms with Crippen molar-refractivity contribution < 1.29 is 18.3 Å². The molecule has 1 atom stereocenters. The third kappa shape index (κ3) is 3.19. The van der Waals surface area contributed by atoms with Gasteiger partial charge in [0.1, 0.15) is 11.6 Å². The van der Waals surface area contributed by atoms with Crippen LogP contribution in [0.4, 0.5) is 13.6 Å². The molecule has 5 nitrogen and oxygen atoms in total. The number of methoxy groups -OCH3 is 1. The lowest BCUT2D eigenvalue weighted by molar-refractivity contribution is 0.170. The molecule has 24 heavy (non-hydrogen) atoms. The summed E-state index contributed by atoms with van der Waals surface area (Å²) in [6, 6.07) is 2.28. The molecule has 2 N–H and O–H groups in total. The van der Waals surface area contributed by atoms with Gasteiger partial charge in [-0.15, -0.1) is 0 Å². The zero-order valence-corrected chi connectivity index (χ0v) is 13.9. The number of nitrogens with zero attached hydrogens (tertiary/aromatic N) is 1. The molecule has 0 radical (unpaired) electrons. The smallest absolute Gasteiger partial charge is 0.407 e. The van der Waals surface area contributed by atoms with E-state index in [4.69, 9.17) is 12.2 Å². The molecule has 0 fully saturated rings. The molecule has 0 bridgehead atoms. The van der Waals surface area contributed by atoms with E-state index in [-0.39, 0.29) is 12.6 Å². The minimum absolute atomic E-state index is 0.0214. The van der Waals surface area contributed by atoms with Crippen molar-refractivity contribution in [3.8, 4) is 0 Å². The van der Waals surface area contributed by atoms with Crippen LogP contribution in [-0.2, 0) is 24.1 Å². The second-order valence-corrected chi connectivity index (χ2v) is 6.11. The Balaban J connectivity index is 1.86. The van der Waals surface area contributed by atoms with E-state index >= 15 is 0 Å². The molecule has 1 aliphatic rings. The first-order chi connectivity index (χ1) is 11.5. The number of ether oxygens (including phenoxy) is 1. The van der Waals surface area contributed by atoms with Crippen LogP contribution in [0.25, 0.3) is 0 Å². The second-order valence-electron chi connectivity index (χ2n) is 5.72. The van der Waals surface area contributed by atoms with E-state index in [0.29, 0.717) is 35.2 Å². The van der Waals surface area contributed by atoms with Gasteiger partial charge in [-0.05, 0) is 48.7 Å². The van der Waals surface area contributed by atoms with Crippen LogP contribution in [-0.4, -0.2) is 22.8 Å². The summed E-state index contributed by atoms with van der Waals surface area (Å²) in [6.45, 7) is 0.251. The minimum Gasteiger partial charge on any atom is -0.453 e. The molecule has 3 rings (SSSR count). The highest BCUT2D eigenvalue weighted by Gasteiger charge is 2.25. The lowest BCUT2D eigenvalue weighted by atomic mass is 9.87. The van der Waals surface area contributed by atoms with Crippen LogP contribution in [0.2, 0.25) is 0 Å². The number of halogens is 2. The summed E-state index contributed by atoms with van der Waals surface area (Å²) in [5.41, 5.74) is 2.03. The van der Waals surface area contributed by atoms with Crippen LogP contribution < -0.4 is 5.32 Å². The largest absolute Gasteiger partial charge is 0.453 e. The molecule has 8 heteroatoms. The Morgan fingerprint density at radius 2 is 2.29 bits per heavy atom. The van der Waals surface area contributed by atoms with Crippen molar-refractivity contribution in [2.24, 2.45) is 0 Å². The molecule has 1 amide bonds. The molecular formula is C16H17F2N3O2S. The van der Waals surface area contributed by atoms with E-state index in [0.717, 1.165) is 11.8 Å². The number of hydrogen-bond donors (Lipinski definition) is 2. The quantitative estimate of drug-likeness (QED) is 0.832. The molecule has 0 unspecified atom stereocenters. The van der Waals surface area contributed by atoms with Crippen LogP contribution in [0.1, 0.15) is 29.3 Å². The summed E-state index contributed by atoms with van der Waals surface area (Å²) in [6.07, 6.45) is 2.88. The number of amides is 1. The first-order valence-electron chi connectivity index (χ1n) is 7.57. The van der Waals surface area contributed by atoms with Crippen molar-refractivity contribution in [2.45, 2.75) is 31.8 Å². The molecular weight excluding hydrogens is 336 g/mol. The Morgan fingerprint density at radius 1 is 1.50 bits per heavy atom. The van der Waals surface area contributed by atoms with E-state index in [1.807, 2.05) is 4.57 Å². The lowest BCUT2D eigenvalue weighted by Gasteiger charge is -2.27. The first-order valence-corrected chi connectivity index (χ1v) is 7.98. The normalized spacial score (nSPS) is 16.5. The van der Waals surface area contributed by atoms with E-state index in [2.05, 4.69) is 15.0 Å². The number of nitrogens with one attached hydrogen (secondary N) is 2. The second kappa shape index (κ2) is 6.72. The number of H-pyrrole nitrogens is 1. The number of aromatic nitrogens is 2. The molecule has 1 aliphatic carbocycles. The van der Waals surface area contributed by atoms with Gasteiger partial charge in [0, 0.05) is 18.3 Å². The molecule has 1 aromatic carbocycles. The number of carbonyl (C=O) groups excluding carboxylic acids is 1. The van der Waals surface area contributed by atoms with Crippen LogP contribution in [0.5, 0.6) is 0 Å². The van der Waals surface area contributed by atoms with Crippen molar-refractivity contribution in [3.05, 3.63) is 51.6 Å². The zero-order chi connectivity index (χ0) is 17.3. The van der Waals surface area contributed by atoms with E-state index in [1.165, 1.54) is 13.2 Å². The summed E-state index contributed by atoms with van der Waals surface area (Å²) >= 11 is 5.33. The summed E-state index contributed by atoms with van der Waals surface area (Å²) < 4.78 is 34.3. The van der Waals surface area contributed by atoms with Gasteiger partial charge in [0.05, 0.1) is 19.3 Å². The van der Waals surface area contributed by atoms with Crippen molar-refractivity contribution in [2.75, 3.05) is 7.11 Å². The van der Waals surface area contributed by atoms with E-state index < -0.39 is 17.7 Å². The Bertz CT molecular complexity index is 831.